The predicted octanol–water partition coefficient (Wildman–Crippen LogP) is 1.46. The van der Waals surface area contributed by atoms with E-state index in [-0.39, 0.29) is 6.54 Å². The topological polar surface area (TPSA) is 65.0 Å². The Morgan fingerprint density at radius 2 is 2.06 bits per heavy atom. The second kappa shape index (κ2) is 7.21. The highest BCUT2D eigenvalue weighted by atomic mass is 16.5. The van der Waals surface area contributed by atoms with E-state index < -0.39 is 11.9 Å². The smallest absolute Gasteiger partial charge is 0.338 e. The maximum absolute atomic E-state index is 11.5. The molecule has 0 fully saturated rings. The number of methoxy groups -OCH3 is 1. The zero-order valence-corrected chi connectivity index (χ0v) is 10.4. The molecule has 0 aliphatic carbocycles. The van der Waals surface area contributed by atoms with E-state index in [9.17, 15) is 9.59 Å². The normalized spacial score (nSPS) is 10.3. The minimum atomic E-state index is -0.437. The summed E-state index contributed by atoms with van der Waals surface area (Å²) in [6.45, 7) is 1.99. The maximum Gasteiger partial charge on any atom is 0.338 e. The fourth-order valence-corrected chi connectivity index (χ4v) is 1.33. The van der Waals surface area contributed by atoms with Crippen molar-refractivity contribution in [3.05, 3.63) is 35.4 Å². The molecule has 0 amide bonds. The fourth-order valence-electron chi connectivity index (χ4n) is 1.33. The van der Waals surface area contributed by atoms with Gasteiger partial charge in [0.25, 0.3) is 0 Å². The molecule has 0 heterocycles. The van der Waals surface area contributed by atoms with Crippen LogP contribution < -0.4 is 0 Å². The minimum absolute atomic E-state index is 0.0661. The van der Waals surface area contributed by atoms with Crippen molar-refractivity contribution in [3.63, 3.8) is 0 Å². The van der Waals surface area contributed by atoms with Gasteiger partial charge in [-0.15, -0.1) is 0 Å². The summed E-state index contributed by atoms with van der Waals surface area (Å²) in [4.78, 5) is 26.5. The molecular weight excluding hydrogens is 234 g/mol. The number of hydrogen-bond acceptors (Lipinski definition) is 5. The first-order valence-electron chi connectivity index (χ1n) is 5.51. The zero-order chi connectivity index (χ0) is 13.4. The lowest BCUT2D eigenvalue weighted by molar-refractivity contribution is -0.141. The van der Waals surface area contributed by atoms with Gasteiger partial charge in [-0.05, 0) is 13.0 Å². The average Bonchev–Trinajstić information content (AvgIpc) is 2.39. The fraction of sp³-hybridized carbons (Fsp3) is 0.308. The van der Waals surface area contributed by atoms with E-state index in [1.54, 1.807) is 31.2 Å². The number of esters is 2. The standard InChI is InChI=1S/C13H15NO4/c1-3-18-12(15)9-14-8-10-6-4-5-7-11(10)13(16)17-2/h4-8H,3,9H2,1-2H3. The van der Waals surface area contributed by atoms with Gasteiger partial charge in [-0.1, -0.05) is 18.2 Å². The van der Waals surface area contributed by atoms with Crippen LogP contribution in [0.2, 0.25) is 0 Å². The van der Waals surface area contributed by atoms with Gasteiger partial charge < -0.3 is 9.47 Å². The second-order valence-electron chi connectivity index (χ2n) is 3.35. The van der Waals surface area contributed by atoms with Crippen molar-refractivity contribution in [1.82, 2.24) is 0 Å². The lowest BCUT2D eigenvalue weighted by Crippen LogP contribution is -2.09. The number of rotatable bonds is 5. The third kappa shape index (κ3) is 4.01. The predicted molar refractivity (Wildman–Crippen MR) is 66.9 cm³/mol. The lowest BCUT2D eigenvalue weighted by Gasteiger charge is -2.02. The van der Waals surface area contributed by atoms with Crippen LogP contribution in [0.4, 0.5) is 0 Å². The minimum Gasteiger partial charge on any atom is -0.465 e. The molecule has 0 aliphatic heterocycles. The summed E-state index contributed by atoms with van der Waals surface area (Å²) in [5.74, 6) is -0.836. The molecule has 0 spiro atoms. The number of aliphatic imine (C=N–C) groups is 1. The van der Waals surface area contributed by atoms with Crippen LogP contribution in [-0.2, 0) is 14.3 Å². The Morgan fingerprint density at radius 1 is 1.33 bits per heavy atom. The van der Waals surface area contributed by atoms with E-state index in [2.05, 4.69) is 9.73 Å². The van der Waals surface area contributed by atoms with E-state index in [0.717, 1.165) is 0 Å². The Bertz CT molecular complexity index is 454. The summed E-state index contributed by atoms with van der Waals surface area (Å²) in [6.07, 6.45) is 1.46. The van der Waals surface area contributed by atoms with Crippen LogP contribution in [0.3, 0.4) is 0 Å². The molecule has 0 aliphatic rings. The molecule has 18 heavy (non-hydrogen) atoms. The molecule has 96 valence electrons. The third-order valence-corrected chi connectivity index (χ3v) is 2.12. The van der Waals surface area contributed by atoms with Crippen LogP contribution in [-0.4, -0.2) is 38.4 Å². The Morgan fingerprint density at radius 3 is 2.72 bits per heavy atom. The maximum atomic E-state index is 11.5. The molecule has 5 heteroatoms. The summed E-state index contributed by atoms with van der Waals surface area (Å²) < 4.78 is 9.39. The lowest BCUT2D eigenvalue weighted by atomic mass is 10.1. The van der Waals surface area contributed by atoms with Gasteiger partial charge in [0, 0.05) is 11.8 Å². The molecule has 0 N–H and O–H groups in total. The molecule has 0 radical (unpaired) electrons. The Labute approximate surface area is 105 Å². The Balaban J connectivity index is 2.75. The number of nitrogens with zero attached hydrogens (tertiary/aromatic N) is 1. The highest BCUT2D eigenvalue weighted by Crippen LogP contribution is 2.07. The molecular formula is C13H15NO4. The van der Waals surface area contributed by atoms with E-state index in [1.165, 1.54) is 13.3 Å². The van der Waals surface area contributed by atoms with Gasteiger partial charge in [-0.3, -0.25) is 9.79 Å². The summed E-state index contributed by atoms with van der Waals surface area (Å²) in [6, 6.07) is 6.87. The third-order valence-electron chi connectivity index (χ3n) is 2.12. The SMILES string of the molecule is CCOC(=O)CN=Cc1ccccc1C(=O)OC. The first-order chi connectivity index (χ1) is 8.69. The Kier molecular flexibility index (Phi) is 5.57. The Hall–Kier alpha value is -2.17. The van der Waals surface area contributed by atoms with Gasteiger partial charge >= 0.3 is 11.9 Å². The average molecular weight is 249 g/mol. The molecule has 0 atom stereocenters. The van der Waals surface area contributed by atoms with Gasteiger partial charge in [0.2, 0.25) is 0 Å². The molecule has 1 aromatic rings. The van der Waals surface area contributed by atoms with Crippen LogP contribution in [0.15, 0.2) is 29.3 Å². The van der Waals surface area contributed by atoms with Gasteiger partial charge in [0.1, 0.15) is 6.54 Å². The molecule has 0 saturated heterocycles. The number of ether oxygens (including phenoxy) is 2. The molecule has 0 saturated carbocycles. The van der Waals surface area contributed by atoms with Crippen molar-refractivity contribution < 1.29 is 19.1 Å². The number of carbonyl (C=O) groups is 2. The zero-order valence-electron chi connectivity index (χ0n) is 10.4. The van der Waals surface area contributed by atoms with Crippen LogP contribution in [0, 0.1) is 0 Å². The van der Waals surface area contributed by atoms with E-state index >= 15 is 0 Å². The van der Waals surface area contributed by atoms with Gasteiger partial charge in [0.15, 0.2) is 0 Å². The number of hydrogen-bond donors (Lipinski definition) is 0. The van der Waals surface area contributed by atoms with Crippen LogP contribution in [0.5, 0.6) is 0 Å². The van der Waals surface area contributed by atoms with Gasteiger partial charge in [0.05, 0.1) is 19.3 Å². The van der Waals surface area contributed by atoms with Crippen molar-refractivity contribution in [2.75, 3.05) is 20.3 Å². The first kappa shape index (κ1) is 13.9. The molecule has 0 aromatic heterocycles. The number of carbonyl (C=O) groups excluding carboxylic acids is 2. The van der Waals surface area contributed by atoms with Crippen LogP contribution in [0.25, 0.3) is 0 Å². The van der Waals surface area contributed by atoms with Crippen molar-refractivity contribution in [2.45, 2.75) is 6.92 Å². The van der Waals surface area contributed by atoms with Crippen molar-refractivity contribution in [1.29, 1.82) is 0 Å². The monoisotopic (exact) mass is 249 g/mol. The summed E-state index contributed by atoms with van der Waals surface area (Å²) in [5.41, 5.74) is 1.02. The van der Waals surface area contributed by atoms with Crippen molar-refractivity contribution in [2.24, 2.45) is 4.99 Å². The number of benzene rings is 1. The largest absolute Gasteiger partial charge is 0.465 e. The summed E-state index contributed by atoms with van der Waals surface area (Å²) in [5, 5.41) is 0. The van der Waals surface area contributed by atoms with E-state index in [4.69, 9.17) is 4.74 Å². The van der Waals surface area contributed by atoms with Crippen LogP contribution in [0.1, 0.15) is 22.8 Å². The summed E-state index contributed by atoms with van der Waals surface area (Å²) >= 11 is 0. The first-order valence-corrected chi connectivity index (χ1v) is 5.51. The van der Waals surface area contributed by atoms with Gasteiger partial charge in [-0.2, -0.15) is 0 Å². The van der Waals surface area contributed by atoms with Gasteiger partial charge in [-0.25, -0.2) is 4.79 Å². The quantitative estimate of drug-likeness (QED) is 0.585. The highest BCUT2D eigenvalue weighted by molar-refractivity contribution is 5.99. The van der Waals surface area contributed by atoms with Crippen LogP contribution >= 0.6 is 0 Å². The van der Waals surface area contributed by atoms with Crippen molar-refractivity contribution >= 4 is 18.2 Å². The molecule has 5 nitrogen and oxygen atoms in total. The van der Waals surface area contributed by atoms with E-state index in [0.29, 0.717) is 17.7 Å². The van der Waals surface area contributed by atoms with E-state index in [1.807, 2.05) is 0 Å². The molecule has 1 aromatic carbocycles. The second-order valence-corrected chi connectivity index (χ2v) is 3.35. The summed E-state index contributed by atoms with van der Waals surface area (Å²) in [7, 11) is 1.31. The molecule has 0 unspecified atom stereocenters. The highest BCUT2D eigenvalue weighted by Gasteiger charge is 2.09. The molecule has 0 bridgehead atoms. The molecule has 1 rings (SSSR count). The van der Waals surface area contributed by atoms with Crippen molar-refractivity contribution in [3.8, 4) is 0 Å².